The highest BCUT2D eigenvalue weighted by atomic mass is 32.2. The standard InChI is InChI=1S/C7H14O2S2/c1-6-10-4-7(2-8,3-9)5-11-6/h6,8-9H,2-5H2,1H3. The van der Waals surface area contributed by atoms with E-state index in [1.807, 2.05) is 23.5 Å². The van der Waals surface area contributed by atoms with Crippen molar-refractivity contribution in [2.45, 2.75) is 11.5 Å². The summed E-state index contributed by atoms with van der Waals surface area (Å²) in [6, 6.07) is 0. The molecule has 1 rings (SSSR count). The normalized spacial score (nSPS) is 25.4. The van der Waals surface area contributed by atoms with E-state index in [1.54, 1.807) is 0 Å². The fourth-order valence-corrected chi connectivity index (χ4v) is 3.58. The summed E-state index contributed by atoms with van der Waals surface area (Å²) in [5.74, 6) is 1.77. The van der Waals surface area contributed by atoms with Crippen molar-refractivity contribution in [1.82, 2.24) is 0 Å². The predicted octanol–water partition coefficient (Wildman–Crippen LogP) is 0.783. The Bertz CT molecular complexity index is 116. The highest BCUT2D eigenvalue weighted by molar-refractivity contribution is 8.17. The predicted molar refractivity (Wildman–Crippen MR) is 51.0 cm³/mol. The molecule has 66 valence electrons. The summed E-state index contributed by atoms with van der Waals surface area (Å²) >= 11 is 3.63. The van der Waals surface area contributed by atoms with E-state index in [0.717, 1.165) is 11.5 Å². The first-order valence-electron chi connectivity index (χ1n) is 3.67. The van der Waals surface area contributed by atoms with Gasteiger partial charge >= 0.3 is 0 Å². The molecule has 2 nitrogen and oxygen atoms in total. The third-order valence-electron chi connectivity index (χ3n) is 1.92. The van der Waals surface area contributed by atoms with Crippen LogP contribution in [-0.2, 0) is 0 Å². The van der Waals surface area contributed by atoms with Crippen molar-refractivity contribution in [3.8, 4) is 0 Å². The lowest BCUT2D eigenvalue weighted by atomic mass is 9.96. The monoisotopic (exact) mass is 194 g/mol. The molecule has 1 fully saturated rings. The Hall–Kier alpha value is 0.620. The number of aliphatic hydroxyl groups excluding tert-OH is 2. The average Bonchev–Trinajstić information content (AvgIpc) is 2.07. The quantitative estimate of drug-likeness (QED) is 0.681. The van der Waals surface area contributed by atoms with Gasteiger partial charge in [-0.2, -0.15) is 0 Å². The number of aliphatic hydroxyl groups is 2. The molecule has 0 spiro atoms. The van der Waals surface area contributed by atoms with Crippen molar-refractivity contribution in [2.24, 2.45) is 5.41 Å². The first-order valence-corrected chi connectivity index (χ1v) is 5.77. The Morgan fingerprint density at radius 3 is 2.09 bits per heavy atom. The van der Waals surface area contributed by atoms with Gasteiger partial charge in [0.2, 0.25) is 0 Å². The summed E-state index contributed by atoms with van der Waals surface area (Å²) in [6.07, 6.45) is 0. The lowest BCUT2D eigenvalue weighted by molar-refractivity contribution is 0.0926. The van der Waals surface area contributed by atoms with Crippen molar-refractivity contribution in [3.05, 3.63) is 0 Å². The molecule has 0 aromatic rings. The number of hydrogen-bond acceptors (Lipinski definition) is 4. The van der Waals surface area contributed by atoms with E-state index in [0.29, 0.717) is 4.58 Å². The highest BCUT2D eigenvalue weighted by Crippen LogP contribution is 2.39. The van der Waals surface area contributed by atoms with Gasteiger partial charge in [-0.05, 0) is 6.92 Å². The molecule has 4 heteroatoms. The van der Waals surface area contributed by atoms with E-state index in [9.17, 15) is 0 Å². The SMILES string of the molecule is CC1SCC(CO)(CO)CS1. The van der Waals surface area contributed by atoms with Gasteiger partial charge in [-0.25, -0.2) is 0 Å². The van der Waals surface area contributed by atoms with Gasteiger partial charge in [0.05, 0.1) is 13.2 Å². The number of hydrogen-bond donors (Lipinski definition) is 2. The Kier molecular flexibility index (Phi) is 3.55. The van der Waals surface area contributed by atoms with E-state index in [-0.39, 0.29) is 18.6 Å². The number of rotatable bonds is 2. The minimum absolute atomic E-state index is 0.107. The molecule has 0 unspecified atom stereocenters. The van der Waals surface area contributed by atoms with Crippen LogP contribution in [0.15, 0.2) is 0 Å². The molecule has 0 aromatic heterocycles. The summed E-state index contributed by atoms with van der Waals surface area (Å²) in [5.41, 5.74) is -0.220. The van der Waals surface area contributed by atoms with Crippen molar-refractivity contribution in [2.75, 3.05) is 24.7 Å². The van der Waals surface area contributed by atoms with Gasteiger partial charge in [0.1, 0.15) is 0 Å². The fraction of sp³-hybridized carbons (Fsp3) is 1.00. The van der Waals surface area contributed by atoms with E-state index >= 15 is 0 Å². The van der Waals surface area contributed by atoms with Crippen LogP contribution in [0.5, 0.6) is 0 Å². The summed E-state index contributed by atoms with van der Waals surface area (Å²) in [6.45, 7) is 2.38. The lowest BCUT2D eigenvalue weighted by Gasteiger charge is -2.35. The van der Waals surface area contributed by atoms with Crippen LogP contribution in [-0.4, -0.2) is 39.5 Å². The molecule has 0 bridgehead atoms. The Morgan fingerprint density at radius 2 is 1.73 bits per heavy atom. The van der Waals surface area contributed by atoms with Crippen molar-refractivity contribution in [3.63, 3.8) is 0 Å². The van der Waals surface area contributed by atoms with Crippen LogP contribution in [0.4, 0.5) is 0 Å². The molecule has 1 heterocycles. The molecule has 1 saturated heterocycles. The van der Waals surface area contributed by atoms with Crippen molar-refractivity contribution < 1.29 is 10.2 Å². The maximum absolute atomic E-state index is 9.04. The Morgan fingerprint density at radius 1 is 1.27 bits per heavy atom. The third-order valence-corrected chi connectivity index (χ3v) is 5.23. The first-order chi connectivity index (χ1) is 5.22. The van der Waals surface area contributed by atoms with Crippen LogP contribution in [0.25, 0.3) is 0 Å². The molecule has 0 aromatic carbocycles. The number of thioether (sulfide) groups is 2. The summed E-state index contributed by atoms with van der Waals surface area (Å²) < 4.78 is 0.612. The second-order valence-corrected chi connectivity index (χ2v) is 5.96. The highest BCUT2D eigenvalue weighted by Gasteiger charge is 2.33. The molecule has 0 atom stereocenters. The molecule has 0 saturated carbocycles. The largest absolute Gasteiger partial charge is 0.396 e. The second-order valence-electron chi connectivity index (χ2n) is 3.01. The fourth-order valence-electron chi connectivity index (χ4n) is 0.911. The van der Waals surface area contributed by atoms with E-state index in [1.165, 1.54) is 0 Å². The maximum atomic E-state index is 9.04. The second kappa shape index (κ2) is 4.03. The summed E-state index contributed by atoms with van der Waals surface area (Å²) in [5, 5.41) is 18.1. The van der Waals surface area contributed by atoms with Gasteiger partial charge in [-0.3, -0.25) is 0 Å². The zero-order valence-electron chi connectivity index (χ0n) is 6.62. The summed E-state index contributed by atoms with van der Waals surface area (Å²) in [7, 11) is 0. The van der Waals surface area contributed by atoms with Gasteiger partial charge in [-0.1, -0.05) is 0 Å². The molecule has 0 aliphatic carbocycles. The minimum Gasteiger partial charge on any atom is -0.396 e. The smallest absolute Gasteiger partial charge is 0.0525 e. The van der Waals surface area contributed by atoms with Crippen LogP contribution in [0.1, 0.15) is 6.92 Å². The summed E-state index contributed by atoms with van der Waals surface area (Å²) in [4.78, 5) is 0. The minimum atomic E-state index is -0.220. The molecule has 1 aliphatic heterocycles. The molecule has 1 aliphatic rings. The Balaban J connectivity index is 2.45. The third kappa shape index (κ3) is 2.28. The lowest BCUT2D eigenvalue weighted by Crippen LogP contribution is -2.38. The van der Waals surface area contributed by atoms with Gasteiger partial charge in [0.15, 0.2) is 0 Å². The zero-order chi connectivity index (χ0) is 8.32. The van der Waals surface area contributed by atoms with Crippen molar-refractivity contribution in [1.29, 1.82) is 0 Å². The molecule has 0 radical (unpaired) electrons. The average molecular weight is 194 g/mol. The molecule has 0 amide bonds. The van der Waals surface area contributed by atoms with Crippen LogP contribution >= 0.6 is 23.5 Å². The van der Waals surface area contributed by atoms with Gasteiger partial charge in [-0.15, -0.1) is 23.5 Å². The van der Waals surface area contributed by atoms with Gasteiger partial charge < -0.3 is 10.2 Å². The van der Waals surface area contributed by atoms with E-state index in [4.69, 9.17) is 10.2 Å². The molecular weight excluding hydrogens is 180 g/mol. The molecule has 2 N–H and O–H groups in total. The van der Waals surface area contributed by atoms with E-state index < -0.39 is 0 Å². The molecule has 11 heavy (non-hydrogen) atoms. The first kappa shape index (κ1) is 9.71. The van der Waals surface area contributed by atoms with Crippen LogP contribution in [0.3, 0.4) is 0 Å². The molecular formula is C7H14O2S2. The zero-order valence-corrected chi connectivity index (χ0v) is 8.25. The Labute approximate surface area is 75.8 Å². The van der Waals surface area contributed by atoms with Gasteiger partial charge in [0.25, 0.3) is 0 Å². The maximum Gasteiger partial charge on any atom is 0.0525 e. The van der Waals surface area contributed by atoms with Crippen LogP contribution < -0.4 is 0 Å². The van der Waals surface area contributed by atoms with Gasteiger partial charge in [0, 0.05) is 21.5 Å². The van der Waals surface area contributed by atoms with Crippen molar-refractivity contribution >= 4 is 23.5 Å². The van der Waals surface area contributed by atoms with Crippen LogP contribution in [0, 0.1) is 5.41 Å². The van der Waals surface area contributed by atoms with Crippen LogP contribution in [0.2, 0.25) is 0 Å². The van der Waals surface area contributed by atoms with E-state index in [2.05, 4.69) is 6.92 Å². The topological polar surface area (TPSA) is 40.5 Å².